The summed E-state index contributed by atoms with van der Waals surface area (Å²) < 4.78 is 67.1. The largest absolute Gasteiger partial charge is 0.353 e. The fourth-order valence-electron chi connectivity index (χ4n) is 2.51. The predicted octanol–water partition coefficient (Wildman–Crippen LogP) is 7.01. The van der Waals surface area contributed by atoms with Crippen LogP contribution < -0.4 is 0 Å². The van der Waals surface area contributed by atoms with Crippen LogP contribution in [0.15, 0.2) is 0 Å². The molecule has 0 radical (unpaired) electrons. The van der Waals surface area contributed by atoms with Crippen molar-refractivity contribution < 1.29 is 19.1 Å². The highest BCUT2D eigenvalue weighted by molar-refractivity contribution is 4.98. The molecule has 1 rings (SSSR count). The van der Waals surface area contributed by atoms with E-state index in [0.29, 0.717) is 19.4 Å². The van der Waals surface area contributed by atoms with E-state index < -0.39 is 19.1 Å². The van der Waals surface area contributed by atoms with Gasteiger partial charge in [0.1, 0.15) is 0 Å². The Morgan fingerprint density at radius 2 is 1.72 bits per heavy atom. The smallest absolute Gasteiger partial charge is 0.157 e. The van der Waals surface area contributed by atoms with E-state index in [1.54, 1.807) is 0 Å². The van der Waals surface area contributed by atoms with Crippen molar-refractivity contribution in [3.63, 3.8) is 0 Å². The van der Waals surface area contributed by atoms with Crippen LogP contribution in [0.2, 0.25) is 0 Å². The van der Waals surface area contributed by atoms with E-state index in [4.69, 9.17) is 19.1 Å². The van der Waals surface area contributed by atoms with Gasteiger partial charge < -0.3 is 9.47 Å². The van der Waals surface area contributed by atoms with Crippen LogP contribution in [-0.4, -0.2) is 19.5 Å². The maximum Gasteiger partial charge on any atom is 0.157 e. The highest BCUT2D eigenvalue weighted by Gasteiger charge is 2.13. The lowest BCUT2D eigenvalue weighted by atomic mass is 10.1. The zero-order valence-electron chi connectivity index (χ0n) is 23.0. The summed E-state index contributed by atoms with van der Waals surface area (Å²) in [5.74, 6) is 5.83. The third kappa shape index (κ3) is 15.5. The van der Waals surface area contributed by atoms with Crippen molar-refractivity contribution in [2.24, 2.45) is 0 Å². The van der Waals surface area contributed by atoms with Gasteiger partial charge in [-0.2, -0.15) is 0 Å². The maximum atomic E-state index is 8.08. The summed E-state index contributed by atoms with van der Waals surface area (Å²) in [6.45, 7) is 2.97. The molecule has 25 heavy (non-hydrogen) atoms. The van der Waals surface area contributed by atoms with E-state index in [0.717, 1.165) is 51.6 Å². The Balaban J connectivity index is 2.14. The average molecular weight is 358 g/mol. The van der Waals surface area contributed by atoms with Gasteiger partial charge in [-0.1, -0.05) is 64.6 Å². The van der Waals surface area contributed by atoms with Crippen molar-refractivity contribution in [3.05, 3.63) is 0 Å². The SMILES string of the molecule is [2H]C(CC#CCCC([2H])([2H])C([2H])C([2H])([2H])CCC)CCCCC([2H])COC1CCCCO1. The summed E-state index contributed by atoms with van der Waals surface area (Å²) >= 11 is 0. The molecular formula is C23H42O2. The van der Waals surface area contributed by atoms with Gasteiger partial charge in [-0.05, 0) is 38.5 Å². The van der Waals surface area contributed by atoms with Crippen LogP contribution in [0.1, 0.15) is 126 Å². The van der Waals surface area contributed by atoms with Crippen molar-refractivity contribution in [2.75, 3.05) is 13.2 Å². The fourth-order valence-corrected chi connectivity index (χ4v) is 2.51. The molecular weight excluding hydrogens is 308 g/mol. The Morgan fingerprint density at radius 3 is 2.52 bits per heavy atom. The van der Waals surface area contributed by atoms with Gasteiger partial charge in [0.15, 0.2) is 6.29 Å². The summed E-state index contributed by atoms with van der Waals surface area (Å²) in [5, 5.41) is 0. The van der Waals surface area contributed by atoms with Crippen LogP contribution in [0.25, 0.3) is 0 Å². The molecule has 1 aliphatic rings. The summed E-state index contributed by atoms with van der Waals surface area (Å²) in [5.41, 5.74) is 0. The lowest BCUT2D eigenvalue weighted by Crippen LogP contribution is -2.22. The van der Waals surface area contributed by atoms with Crippen LogP contribution in [-0.2, 0) is 9.47 Å². The fraction of sp³-hybridized carbons (Fsp3) is 0.913. The highest BCUT2D eigenvalue weighted by atomic mass is 16.7. The molecule has 1 saturated heterocycles. The van der Waals surface area contributed by atoms with Gasteiger partial charge in [-0.15, -0.1) is 11.8 Å². The lowest BCUT2D eigenvalue weighted by Gasteiger charge is -2.22. The van der Waals surface area contributed by atoms with E-state index in [9.17, 15) is 0 Å². The van der Waals surface area contributed by atoms with Crippen LogP contribution in [0.4, 0.5) is 0 Å². The van der Waals surface area contributed by atoms with Crippen molar-refractivity contribution in [3.8, 4) is 11.8 Å². The summed E-state index contributed by atoms with van der Waals surface area (Å²) in [6, 6.07) is 0. The molecule has 0 amide bonds. The van der Waals surface area contributed by atoms with Gasteiger partial charge in [-0.3, -0.25) is 0 Å². The van der Waals surface area contributed by atoms with Gasteiger partial charge in [0, 0.05) is 35.7 Å². The first-order chi connectivity index (χ1) is 15.1. The van der Waals surface area contributed by atoms with E-state index in [1.165, 1.54) is 0 Å². The molecule has 2 heteroatoms. The molecule has 1 fully saturated rings. The Morgan fingerprint density at radius 1 is 0.920 bits per heavy atom. The van der Waals surface area contributed by atoms with Gasteiger partial charge in [0.2, 0.25) is 0 Å². The standard InChI is InChI=1S/C23H42O2/c1-2-3-4-5-6-7-8-9-10-11-12-13-14-15-16-18-21-24-23-20-17-19-22-25-23/h23H,2-8,11-22H2,1H3/i4D2,5D,6D2,12D,18D. The maximum absolute atomic E-state index is 8.08. The summed E-state index contributed by atoms with van der Waals surface area (Å²) in [4.78, 5) is 0. The van der Waals surface area contributed by atoms with E-state index in [1.807, 2.05) is 6.92 Å². The van der Waals surface area contributed by atoms with Crippen LogP contribution in [0.5, 0.6) is 0 Å². The topological polar surface area (TPSA) is 18.5 Å². The van der Waals surface area contributed by atoms with Gasteiger partial charge in [0.25, 0.3) is 0 Å². The second-order valence-electron chi connectivity index (χ2n) is 6.35. The molecule has 0 aromatic heterocycles. The summed E-state index contributed by atoms with van der Waals surface area (Å²) in [7, 11) is 0. The molecule has 146 valence electrons. The zero-order chi connectivity index (χ0) is 24.0. The van der Waals surface area contributed by atoms with Gasteiger partial charge in [-0.25, -0.2) is 0 Å². The van der Waals surface area contributed by atoms with Crippen molar-refractivity contribution >= 4 is 0 Å². The molecule has 0 aliphatic carbocycles. The normalized spacial score (nSPS) is 26.3. The predicted molar refractivity (Wildman–Crippen MR) is 108 cm³/mol. The molecule has 4 unspecified atom stereocenters. The molecule has 0 N–H and O–H groups in total. The first-order valence-electron chi connectivity index (χ1n) is 13.8. The molecule has 1 heterocycles. The Labute approximate surface area is 167 Å². The molecule has 1 aliphatic heterocycles. The molecule has 0 spiro atoms. The van der Waals surface area contributed by atoms with Crippen molar-refractivity contribution in [1.29, 1.82) is 0 Å². The van der Waals surface area contributed by atoms with E-state index in [2.05, 4.69) is 11.8 Å². The first kappa shape index (κ1) is 13.6. The van der Waals surface area contributed by atoms with E-state index >= 15 is 0 Å². The van der Waals surface area contributed by atoms with Crippen molar-refractivity contribution in [1.82, 2.24) is 0 Å². The van der Waals surface area contributed by atoms with E-state index in [-0.39, 0.29) is 38.3 Å². The molecule has 2 nitrogen and oxygen atoms in total. The molecule has 0 bridgehead atoms. The minimum absolute atomic E-state index is 0.0267. The second kappa shape index (κ2) is 18.3. The number of hydrogen-bond acceptors (Lipinski definition) is 2. The van der Waals surface area contributed by atoms with Crippen LogP contribution in [0, 0.1) is 11.8 Å². The van der Waals surface area contributed by atoms with Gasteiger partial charge >= 0.3 is 0 Å². The zero-order valence-corrected chi connectivity index (χ0v) is 16.0. The molecule has 0 saturated carbocycles. The molecule has 0 aromatic rings. The summed E-state index contributed by atoms with van der Waals surface area (Å²) in [6.07, 6.45) is 1.93. The van der Waals surface area contributed by atoms with Crippen LogP contribution >= 0.6 is 0 Å². The highest BCUT2D eigenvalue weighted by Crippen LogP contribution is 2.14. The minimum Gasteiger partial charge on any atom is -0.353 e. The van der Waals surface area contributed by atoms with Crippen LogP contribution in [0.3, 0.4) is 0 Å². The number of hydrogen-bond donors (Lipinski definition) is 0. The Bertz CT molecular complexity index is 556. The number of rotatable bonds is 15. The quantitative estimate of drug-likeness (QED) is 0.232. The van der Waals surface area contributed by atoms with Gasteiger partial charge in [0.05, 0.1) is 0 Å². The first-order valence-corrected chi connectivity index (χ1v) is 10.0. The average Bonchev–Trinajstić information content (AvgIpc) is 2.75. The molecule has 4 atom stereocenters. The molecule has 0 aromatic carbocycles. The minimum atomic E-state index is -1.92. The Kier molecular flexibility index (Phi) is 9.96. The third-order valence-electron chi connectivity index (χ3n) is 3.97. The van der Waals surface area contributed by atoms with Crippen molar-refractivity contribution in [2.45, 2.75) is 122 Å². The number of unbranched alkanes of at least 4 members (excludes halogenated alkanes) is 1. The third-order valence-corrected chi connectivity index (χ3v) is 3.97. The lowest BCUT2D eigenvalue weighted by molar-refractivity contribution is -0.162. The second-order valence-corrected chi connectivity index (χ2v) is 6.35. The number of ether oxygens (including phenoxy) is 2. The monoisotopic (exact) mass is 357 g/mol. The Hall–Kier alpha value is -0.520.